The third-order valence-electron chi connectivity index (χ3n) is 3.58. The lowest BCUT2D eigenvalue weighted by atomic mass is 10.0. The molecule has 0 bridgehead atoms. The van der Waals surface area contributed by atoms with Crippen molar-refractivity contribution in [2.45, 2.75) is 13.3 Å². The number of amides is 1. The lowest BCUT2D eigenvalue weighted by molar-refractivity contribution is -0.117. The van der Waals surface area contributed by atoms with E-state index in [1.807, 2.05) is 6.92 Å². The Morgan fingerprint density at radius 1 is 1.15 bits per heavy atom. The molecule has 0 aliphatic carbocycles. The van der Waals surface area contributed by atoms with Crippen LogP contribution in [-0.4, -0.2) is 18.2 Å². The predicted molar refractivity (Wildman–Crippen MR) is 105 cm³/mol. The van der Waals surface area contributed by atoms with Crippen molar-refractivity contribution in [2.75, 3.05) is 11.9 Å². The highest BCUT2D eigenvalue weighted by atomic mass is 35.5. The summed E-state index contributed by atoms with van der Waals surface area (Å²) in [6.07, 6.45) is 7.49. The SMILES string of the molecule is C#Cc1ccc(N/C=C(\C(=O)NCCC)C(=O)c2ccccc2Cl)cc1. The molecule has 0 saturated heterocycles. The van der Waals surface area contributed by atoms with Crippen LogP contribution >= 0.6 is 11.6 Å². The number of rotatable bonds is 7. The summed E-state index contributed by atoms with van der Waals surface area (Å²) >= 11 is 6.10. The number of carbonyl (C=O) groups excluding carboxylic acids is 2. The number of Topliss-reactive ketones (excluding diaryl/α,β-unsaturated/α-hetero) is 1. The molecule has 2 rings (SSSR count). The molecule has 132 valence electrons. The fourth-order valence-corrected chi connectivity index (χ4v) is 2.40. The van der Waals surface area contributed by atoms with E-state index in [1.165, 1.54) is 6.20 Å². The van der Waals surface area contributed by atoms with Gasteiger partial charge in [0.1, 0.15) is 5.57 Å². The third-order valence-corrected chi connectivity index (χ3v) is 3.91. The first-order valence-electron chi connectivity index (χ1n) is 8.17. The van der Waals surface area contributed by atoms with E-state index in [1.54, 1.807) is 48.5 Å². The molecule has 2 aromatic rings. The normalized spacial score (nSPS) is 10.7. The number of nitrogens with one attached hydrogen (secondary N) is 2. The maximum atomic E-state index is 12.8. The van der Waals surface area contributed by atoms with Gasteiger partial charge in [0, 0.05) is 29.6 Å². The second-order valence-electron chi connectivity index (χ2n) is 5.49. The zero-order valence-corrected chi connectivity index (χ0v) is 15.1. The van der Waals surface area contributed by atoms with Gasteiger partial charge in [-0.2, -0.15) is 0 Å². The Kier molecular flexibility index (Phi) is 7.02. The number of hydrogen-bond donors (Lipinski definition) is 2. The van der Waals surface area contributed by atoms with Crippen LogP contribution in [0.2, 0.25) is 5.02 Å². The minimum absolute atomic E-state index is 0.0208. The number of terminal acetylenes is 1. The molecule has 0 unspecified atom stereocenters. The van der Waals surface area contributed by atoms with Gasteiger partial charge in [-0.1, -0.05) is 36.6 Å². The van der Waals surface area contributed by atoms with Crippen LogP contribution in [0.4, 0.5) is 5.69 Å². The van der Waals surface area contributed by atoms with Crippen molar-refractivity contribution in [3.05, 3.63) is 76.5 Å². The van der Waals surface area contributed by atoms with E-state index in [4.69, 9.17) is 18.0 Å². The molecular weight excluding hydrogens is 348 g/mol. The molecule has 4 nitrogen and oxygen atoms in total. The predicted octanol–water partition coefficient (Wildman–Crippen LogP) is 4.03. The van der Waals surface area contributed by atoms with E-state index < -0.39 is 11.7 Å². The van der Waals surface area contributed by atoms with Crippen LogP contribution in [0.3, 0.4) is 0 Å². The number of carbonyl (C=O) groups is 2. The largest absolute Gasteiger partial charge is 0.361 e. The average molecular weight is 367 g/mol. The summed E-state index contributed by atoms with van der Waals surface area (Å²) in [4.78, 5) is 25.3. The smallest absolute Gasteiger partial charge is 0.256 e. The third kappa shape index (κ3) is 4.98. The van der Waals surface area contributed by atoms with Gasteiger partial charge in [0.05, 0.1) is 5.02 Å². The van der Waals surface area contributed by atoms with E-state index in [2.05, 4.69) is 16.6 Å². The molecule has 0 heterocycles. The zero-order chi connectivity index (χ0) is 18.9. The highest BCUT2D eigenvalue weighted by molar-refractivity contribution is 6.37. The van der Waals surface area contributed by atoms with Gasteiger partial charge >= 0.3 is 0 Å². The molecule has 5 heteroatoms. The Morgan fingerprint density at radius 2 is 1.85 bits per heavy atom. The Balaban J connectivity index is 2.30. The molecular formula is C21H19ClN2O2. The zero-order valence-electron chi connectivity index (χ0n) is 14.4. The van der Waals surface area contributed by atoms with Crippen LogP contribution in [0.15, 0.2) is 60.3 Å². The summed E-state index contributed by atoms with van der Waals surface area (Å²) < 4.78 is 0. The Bertz CT molecular complexity index is 864. The van der Waals surface area contributed by atoms with Crippen molar-refractivity contribution in [3.8, 4) is 12.3 Å². The fraction of sp³-hybridized carbons (Fsp3) is 0.143. The van der Waals surface area contributed by atoms with Gasteiger partial charge in [0.15, 0.2) is 0 Å². The van der Waals surface area contributed by atoms with Crippen molar-refractivity contribution < 1.29 is 9.59 Å². The van der Waals surface area contributed by atoms with Gasteiger partial charge in [-0.3, -0.25) is 9.59 Å². The average Bonchev–Trinajstić information content (AvgIpc) is 2.67. The minimum Gasteiger partial charge on any atom is -0.361 e. The van der Waals surface area contributed by atoms with Crippen molar-refractivity contribution in [2.24, 2.45) is 0 Å². The molecule has 0 saturated carbocycles. The maximum absolute atomic E-state index is 12.8. The Labute approximate surface area is 158 Å². The summed E-state index contributed by atoms with van der Waals surface area (Å²) in [5.74, 6) is 1.63. The summed E-state index contributed by atoms with van der Waals surface area (Å²) in [5, 5.41) is 5.98. The van der Waals surface area contributed by atoms with Gasteiger partial charge in [0.2, 0.25) is 5.78 Å². The summed E-state index contributed by atoms with van der Waals surface area (Å²) in [7, 11) is 0. The van der Waals surface area contributed by atoms with Crippen molar-refractivity contribution in [1.29, 1.82) is 0 Å². The molecule has 1 amide bonds. The van der Waals surface area contributed by atoms with Crippen molar-refractivity contribution >= 4 is 29.0 Å². The van der Waals surface area contributed by atoms with E-state index >= 15 is 0 Å². The first-order chi connectivity index (χ1) is 12.6. The summed E-state index contributed by atoms with van der Waals surface area (Å²) in [5.41, 5.74) is 1.70. The van der Waals surface area contributed by atoms with Gasteiger partial charge in [-0.25, -0.2) is 0 Å². The Hall–Kier alpha value is -3.03. The minimum atomic E-state index is -0.454. The highest BCUT2D eigenvalue weighted by Crippen LogP contribution is 2.19. The monoisotopic (exact) mass is 366 g/mol. The first kappa shape index (κ1) is 19.3. The number of anilines is 1. The van der Waals surface area contributed by atoms with Crippen LogP contribution in [-0.2, 0) is 4.79 Å². The van der Waals surface area contributed by atoms with Crippen LogP contribution in [0.25, 0.3) is 0 Å². The van der Waals surface area contributed by atoms with E-state index in [-0.39, 0.29) is 11.1 Å². The lowest BCUT2D eigenvalue weighted by Gasteiger charge is -2.10. The van der Waals surface area contributed by atoms with Crippen LogP contribution in [0.1, 0.15) is 29.3 Å². The Morgan fingerprint density at radius 3 is 2.46 bits per heavy atom. The number of benzene rings is 2. The van der Waals surface area contributed by atoms with E-state index in [0.717, 1.165) is 12.0 Å². The topological polar surface area (TPSA) is 58.2 Å². The van der Waals surface area contributed by atoms with E-state index in [9.17, 15) is 9.59 Å². The summed E-state index contributed by atoms with van der Waals surface area (Å²) in [6, 6.07) is 13.7. The molecule has 0 spiro atoms. The summed E-state index contributed by atoms with van der Waals surface area (Å²) in [6.45, 7) is 2.41. The molecule has 26 heavy (non-hydrogen) atoms. The lowest BCUT2D eigenvalue weighted by Crippen LogP contribution is -2.29. The molecule has 0 radical (unpaired) electrons. The van der Waals surface area contributed by atoms with Crippen LogP contribution in [0, 0.1) is 12.3 Å². The second kappa shape index (κ2) is 9.45. The second-order valence-corrected chi connectivity index (χ2v) is 5.90. The number of ketones is 1. The standard InChI is InChI=1S/C21H19ClN2O2/c1-3-13-23-21(26)18(20(25)17-7-5-6-8-19(17)22)14-24-16-11-9-15(4-2)10-12-16/h2,5-12,14,24H,3,13H2,1H3,(H,23,26)/b18-14-. The molecule has 2 N–H and O–H groups in total. The van der Waals surface area contributed by atoms with E-state index in [0.29, 0.717) is 17.3 Å². The number of hydrogen-bond acceptors (Lipinski definition) is 3. The van der Waals surface area contributed by atoms with Crippen molar-refractivity contribution in [3.63, 3.8) is 0 Å². The molecule has 0 aliphatic rings. The molecule has 0 atom stereocenters. The highest BCUT2D eigenvalue weighted by Gasteiger charge is 2.21. The molecule has 0 aromatic heterocycles. The van der Waals surface area contributed by atoms with Crippen LogP contribution in [0.5, 0.6) is 0 Å². The quantitative estimate of drug-likeness (QED) is 0.256. The molecule has 0 fully saturated rings. The first-order valence-corrected chi connectivity index (χ1v) is 8.55. The number of halogens is 1. The molecule has 2 aromatic carbocycles. The van der Waals surface area contributed by atoms with Gasteiger partial charge in [-0.05, 0) is 42.8 Å². The van der Waals surface area contributed by atoms with Crippen LogP contribution < -0.4 is 10.6 Å². The molecule has 0 aliphatic heterocycles. The van der Waals surface area contributed by atoms with Crippen molar-refractivity contribution in [1.82, 2.24) is 5.32 Å². The van der Waals surface area contributed by atoms with Gasteiger partial charge in [-0.15, -0.1) is 6.42 Å². The maximum Gasteiger partial charge on any atom is 0.256 e. The van der Waals surface area contributed by atoms with Gasteiger partial charge < -0.3 is 10.6 Å². The van der Waals surface area contributed by atoms with Gasteiger partial charge in [0.25, 0.3) is 5.91 Å². The fourth-order valence-electron chi connectivity index (χ4n) is 2.18.